The van der Waals surface area contributed by atoms with Crippen molar-refractivity contribution in [1.29, 1.82) is 0 Å². The van der Waals surface area contributed by atoms with Gasteiger partial charge in [-0.3, -0.25) is 0 Å². The van der Waals surface area contributed by atoms with Gasteiger partial charge in [-0.1, -0.05) is 11.8 Å². The van der Waals surface area contributed by atoms with E-state index < -0.39 is 22.8 Å². The third-order valence-electron chi connectivity index (χ3n) is 2.41. The van der Waals surface area contributed by atoms with Crippen LogP contribution >= 0.6 is 23.1 Å². The zero-order chi connectivity index (χ0) is 16.3. The van der Waals surface area contributed by atoms with Crippen LogP contribution in [0.3, 0.4) is 0 Å². The lowest BCUT2D eigenvalue weighted by Gasteiger charge is -2.11. The summed E-state index contributed by atoms with van der Waals surface area (Å²) < 4.78 is 73.5. The molecule has 1 aromatic carbocycles. The monoisotopic (exact) mass is 373 g/mol. The van der Waals surface area contributed by atoms with Crippen LogP contribution in [-0.4, -0.2) is 20.8 Å². The van der Waals surface area contributed by atoms with Crippen LogP contribution in [0.2, 0.25) is 0 Å². The number of thioether (sulfide) groups is 1. The van der Waals surface area contributed by atoms with Gasteiger partial charge in [0.05, 0.1) is 21.4 Å². The van der Waals surface area contributed by atoms with Gasteiger partial charge in [-0.25, -0.2) is 4.98 Å². The summed E-state index contributed by atoms with van der Waals surface area (Å²) in [6, 6.07) is 3.72. The maximum absolute atomic E-state index is 12.4. The molecule has 0 radical (unpaired) electrons. The van der Waals surface area contributed by atoms with Gasteiger partial charge < -0.3 is 4.55 Å². The molecule has 0 aliphatic carbocycles. The van der Waals surface area contributed by atoms with Gasteiger partial charge in [-0.05, 0) is 24.6 Å². The normalized spacial score (nSPS) is 13.4. The lowest BCUT2D eigenvalue weighted by molar-refractivity contribution is -0.0435. The Morgan fingerprint density at radius 2 is 2.09 bits per heavy atom. The Bertz CT molecular complexity index is 681. The topological polar surface area (TPSA) is 36.0 Å². The van der Waals surface area contributed by atoms with Crippen molar-refractivity contribution in [3.63, 3.8) is 0 Å². The molecule has 10 heteroatoms. The van der Waals surface area contributed by atoms with Crippen LogP contribution in [0.15, 0.2) is 39.6 Å². The quantitative estimate of drug-likeness (QED) is 0.313. The van der Waals surface area contributed by atoms with E-state index >= 15 is 0 Å². The molecule has 1 unspecified atom stereocenters. The van der Waals surface area contributed by atoms with Crippen molar-refractivity contribution in [3.05, 3.63) is 30.4 Å². The lowest BCUT2D eigenvalue weighted by atomic mass is 10.3. The van der Waals surface area contributed by atoms with Gasteiger partial charge in [0.25, 0.3) is 6.08 Å². The van der Waals surface area contributed by atoms with Crippen molar-refractivity contribution >= 4 is 44.5 Å². The van der Waals surface area contributed by atoms with Gasteiger partial charge in [0, 0.05) is 11.8 Å². The molecule has 1 atom stereocenters. The lowest BCUT2D eigenvalue weighted by Crippen LogP contribution is -2.23. The Morgan fingerprint density at radius 3 is 2.73 bits per heavy atom. The Labute approximate surface area is 133 Å². The van der Waals surface area contributed by atoms with E-state index in [1.165, 1.54) is 29.2 Å². The number of benzene rings is 1. The molecule has 0 amide bonds. The average molecular weight is 373 g/mol. The van der Waals surface area contributed by atoms with Gasteiger partial charge >= 0.3 is 5.51 Å². The summed E-state index contributed by atoms with van der Waals surface area (Å²) >= 11 is -0.606. The Hall–Kier alpha value is -0.840. The van der Waals surface area contributed by atoms with Crippen LogP contribution in [0.25, 0.3) is 10.2 Å². The van der Waals surface area contributed by atoms with Gasteiger partial charge in [0.2, 0.25) is 0 Å². The first-order valence-corrected chi connectivity index (χ1v) is 8.75. The number of allylic oxidation sites excluding steroid dienone is 1. The van der Waals surface area contributed by atoms with Crippen LogP contribution in [-0.2, 0) is 11.2 Å². The van der Waals surface area contributed by atoms with E-state index in [0.29, 0.717) is 20.3 Å². The number of thiazole rings is 1. The van der Waals surface area contributed by atoms with E-state index in [1.807, 2.05) is 0 Å². The number of alkyl halides is 3. The van der Waals surface area contributed by atoms with Gasteiger partial charge in [-0.15, -0.1) is 24.5 Å². The highest BCUT2D eigenvalue weighted by Gasteiger charge is 2.46. The first kappa shape index (κ1) is 17.5. The van der Waals surface area contributed by atoms with Crippen LogP contribution in [0.5, 0.6) is 0 Å². The maximum atomic E-state index is 12.4. The van der Waals surface area contributed by atoms with E-state index in [-0.39, 0.29) is 11.3 Å². The molecule has 1 aromatic heterocycles. The number of nitrogens with zero attached hydrogens (tertiary/aromatic N) is 1. The molecule has 0 fully saturated rings. The molecule has 0 saturated heterocycles. The van der Waals surface area contributed by atoms with Crippen LogP contribution in [0.4, 0.5) is 22.0 Å². The summed E-state index contributed by atoms with van der Waals surface area (Å²) in [5.74, 6) is 0.387. The number of fused-ring (bicyclic) bond motifs is 1. The second-order valence-electron chi connectivity index (χ2n) is 3.95. The molecule has 2 aromatic rings. The molecule has 120 valence electrons. The van der Waals surface area contributed by atoms with E-state index in [4.69, 9.17) is 0 Å². The smallest absolute Gasteiger partial charge is 0.578 e. The molecule has 0 aliphatic rings. The predicted octanol–water partition coefficient (Wildman–Crippen LogP) is 5.19. The molecule has 0 N–H and O–H groups in total. The third-order valence-corrected chi connectivity index (χ3v) is 5.72. The van der Waals surface area contributed by atoms with Crippen LogP contribution in [0, 0.1) is 0 Å². The first-order chi connectivity index (χ1) is 10.3. The minimum absolute atomic E-state index is 0.173. The standard InChI is InChI=1S/C12H8F5NOS3/c13-10(14)2-1-5-20-11-18-8-6-7(3-4-9(8)21-11)22(19)12(15,16)17/h2-4,6H,1,5H2. The Balaban J connectivity index is 2.12. The van der Waals surface area contributed by atoms with Crippen molar-refractivity contribution in [3.8, 4) is 0 Å². The highest BCUT2D eigenvalue weighted by atomic mass is 32.2. The van der Waals surface area contributed by atoms with E-state index in [0.717, 1.165) is 18.2 Å². The van der Waals surface area contributed by atoms with Gasteiger partial charge in [0.15, 0.2) is 9.24 Å². The van der Waals surface area contributed by atoms with Crippen molar-refractivity contribution < 1.29 is 26.5 Å². The van der Waals surface area contributed by atoms with E-state index in [1.54, 1.807) is 0 Å². The largest absolute Gasteiger partial charge is 0.604 e. The number of aromatic nitrogens is 1. The fourth-order valence-corrected chi connectivity index (χ4v) is 4.19. The number of rotatable bonds is 5. The van der Waals surface area contributed by atoms with E-state index in [2.05, 4.69) is 4.98 Å². The zero-order valence-corrected chi connectivity index (χ0v) is 13.1. The summed E-state index contributed by atoms with van der Waals surface area (Å²) in [4.78, 5) is 3.77. The van der Waals surface area contributed by atoms with Gasteiger partial charge in [0.1, 0.15) is 0 Å². The van der Waals surface area contributed by atoms with E-state index in [9.17, 15) is 26.5 Å². The fraction of sp³-hybridized carbons (Fsp3) is 0.250. The molecule has 0 spiro atoms. The molecular formula is C12H8F5NOS3. The second kappa shape index (κ2) is 7.16. The highest BCUT2D eigenvalue weighted by molar-refractivity contribution is 8.01. The molecule has 0 saturated carbocycles. The van der Waals surface area contributed by atoms with Crippen molar-refractivity contribution in [1.82, 2.24) is 4.98 Å². The maximum Gasteiger partial charge on any atom is 0.578 e. The average Bonchev–Trinajstić information content (AvgIpc) is 2.83. The highest BCUT2D eigenvalue weighted by Crippen LogP contribution is 2.35. The predicted molar refractivity (Wildman–Crippen MR) is 77.7 cm³/mol. The minimum Gasteiger partial charge on any atom is -0.604 e. The Kier molecular flexibility index (Phi) is 5.70. The molecule has 2 nitrogen and oxygen atoms in total. The second-order valence-corrected chi connectivity index (χ2v) is 7.80. The summed E-state index contributed by atoms with van der Waals surface area (Å²) in [6.45, 7) is 0. The van der Waals surface area contributed by atoms with Crippen molar-refractivity contribution in [2.75, 3.05) is 5.75 Å². The number of hydrogen-bond donors (Lipinski definition) is 0. The molecule has 1 heterocycles. The minimum atomic E-state index is -4.82. The SMILES string of the molecule is [O-][S+](c1ccc2sc(SCCC=C(F)F)nc2c1)C(F)(F)F. The molecule has 2 rings (SSSR count). The zero-order valence-electron chi connectivity index (χ0n) is 10.7. The van der Waals surface area contributed by atoms with Crippen molar-refractivity contribution in [2.45, 2.75) is 21.2 Å². The molecular weight excluding hydrogens is 365 g/mol. The van der Waals surface area contributed by atoms with Crippen molar-refractivity contribution in [2.24, 2.45) is 0 Å². The molecule has 0 bridgehead atoms. The summed E-state index contributed by atoms with van der Waals surface area (Å²) in [5.41, 5.74) is -4.50. The summed E-state index contributed by atoms with van der Waals surface area (Å²) in [7, 11) is 0. The van der Waals surface area contributed by atoms with Crippen LogP contribution < -0.4 is 0 Å². The molecule has 22 heavy (non-hydrogen) atoms. The van der Waals surface area contributed by atoms with Crippen LogP contribution in [0.1, 0.15) is 6.42 Å². The summed E-state index contributed by atoms with van der Waals surface area (Å²) in [6.07, 6.45) is -0.777. The fourth-order valence-electron chi connectivity index (χ4n) is 1.51. The Morgan fingerprint density at radius 1 is 1.36 bits per heavy atom. The summed E-state index contributed by atoms with van der Waals surface area (Å²) in [5, 5.41) is 0. The van der Waals surface area contributed by atoms with Gasteiger partial charge in [-0.2, -0.15) is 8.78 Å². The number of halogens is 5. The number of hydrogen-bond acceptors (Lipinski definition) is 4. The first-order valence-electron chi connectivity index (χ1n) is 5.80. The molecule has 0 aliphatic heterocycles. The third kappa shape index (κ3) is 4.58.